The Labute approximate surface area is 60.1 Å². The van der Waals surface area contributed by atoms with Crippen molar-refractivity contribution in [2.24, 2.45) is 0 Å². The van der Waals surface area contributed by atoms with Gasteiger partial charge in [-0.2, -0.15) is 0 Å². The molecule has 0 spiro atoms. The summed E-state index contributed by atoms with van der Waals surface area (Å²) in [5.41, 5.74) is 0. The first-order valence-electron chi connectivity index (χ1n) is 0.908. The van der Waals surface area contributed by atoms with Crippen molar-refractivity contribution in [1.82, 2.24) is 6.15 Å². The van der Waals surface area contributed by atoms with Gasteiger partial charge < -0.3 is 17.5 Å². The van der Waals surface area contributed by atoms with Gasteiger partial charge in [0.15, 0.2) is 0 Å². The van der Waals surface area contributed by atoms with Crippen molar-refractivity contribution in [2.45, 2.75) is 6.92 Å². The van der Waals surface area contributed by atoms with Crippen molar-refractivity contribution in [3.8, 4) is 0 Å². The SMILES string of the molecule is CC(=O)[O-].[H-].[NH4+].[Na+]. The molecule has 4 heteroatoms. The zero-order chi connectivity index (χ0) is 3.58. The summed E-state index contributed by atoms with van der Waals surface area (Å²) in [7, 11) is 0. The predicted octanol–water partition coefficient (Wildman–Crippen LogP) is -3.75. The first-order valence-corrected chi connectivity index (χ1v) is 0.908. The normalized spacial score (nSPS) is 4.17. The second-order valence-electron chi connectivity index (χ2n) is 0.492. The van der Waals surface area contributed by atoms with Gasteiger partial charge in [-0.3, -0.25) is 0 Å². The number of carboxylic acid groups (broad SMARTS) is 1. The fourth-order valence-corrected chi connectivity index (χ4v) is 0. The molecule has 0 aromatic carbocycles. The minimum atomic E-state index is -1.08. The number of carbonyl (C=O) groups excluding carboxylic acids is 1. The van der Waals surface area contributed by atoms with Gasteiger partial charge in [0.2, 0.25) is 0 Å². The third-order valence-electron chi connectivity index (χ3n) is 0. The molecular formula is C2H8NNaO2. The van der Waals surface area contributed by atoms with Crippen molar-refractivity contribution in [1.29, 1.82) is 0 Å². The molecule has 0 amide bonds. The van der Waals surface area contributed by atoms with Crippen LogP contribution < -0.4 is 40.8 Å². The van der Waals surface area contributed by atoms with Crippen LogP contribution in [0.15, 0.2) is 0 Å². The number of rotatable bonds is 0. The van der Waals surface area contributed by atoms with Gasteiger partial charge in [0.05, 0.1) is 0 Å². The predicted molar refractivity (Wildman–Crippen MR) is 17.8 cm³/mol. The zero-order valence-electron chi connectivity index (χ0n) is 5.32. The third-order valence-corrected chi connectivity index (χ3v) is 0. The Kier molecular flexibility index (Phi) is 24.3. The summed E-state index contributed by atoms with van der Waals surface area (Å²) in [6.45, 7) is 0.972. The number of carbonyl (C=O) groups is 1. The molecule has 0 bridgehead atoms. The van der Waals surface area contributed by atoms with Crippen molar-refractivity contribution in [3.63, 3.8) is 0 Å². The molecule has 0 radical (unpaired) electrons. The molecule has 34 valence electrons. The number of aliphatic carboxylic acids is 1. The van der Waals surface area contributed by atoms with E-state index < -0.39 is 5.97 Å². The maximum Gasteiger partial charge on any atom is 1.00 e. The minimum absolute atomic E-state index is 0. The van der Waals surface area contributed by atoms with E-state index in [2.05, 4.69) is 0 Å². The first kappa shape index (κ1) is 16.1. The van der Waals surface area contributed by atoms with Crippen LogP contribution in [0.4, 0.5) is 0 Å². The monoisotopic (exact) mass is 101 g/mol. The van der Waals surface area contributed by atoms with Gasteiger partial charge in [-0.1, -0.05) is 0 Å². The molecule has 4 N–H and O–H groups in total. The van der Waals surface area contributed by atoms with E-state index in [4.69, 9.17) is 9.90 Å². The van der Waals surface area contributed by atoms with E-state index in [9.17, 15) is 0 Å². The molecule has 0 aromatic rings. The van der Waals surface area contributed by atoms with E-state index in [0.717, 1.165) is 6.92 Å². The second-order valence-corrected chi connectivity index (χ2v) is 0.492. The molecule has 0 saturated heterocycles. The molecule has 0 atom stereocenters. The Morgan fingerprint density at radius 3 is 1.83 bits per heavy atom. The van der Waals surface area contributed by atoms with Crippen LogP contribution in [0.25, 0.3) is 0 Å². The van der Waals surface area contributed by atoms with Crippen LogP contribution in [0.1, 0.15) is 8.35 Å². The van der Waals surface area contributed by atoms with Gasteiger partial charge in [-0.25, -0.2) is 0 Å². The van der Waals surface area contributed by atoms with Crippen LogP contribution in [0.3, 0.4) is 0 Å². The summed E-state index contributed by atoms with van der Waals surface area (Å²) in [5.74, 6) is -1.08. The van der Waals surface area contributed by atoms with E-state index in [1.807, 2.05) is 0 Å². The van der Waals surface area contributed by atoms with E-state index in [-0.39, 0.29) is 37.1 Å². The van der Waals surface area contributed by atoms with Crippen LogP contribution in [-0.2, 0) is 4.79 Å². The fourth-order valence-electron chi connectivity index (χ4n) is 0. The quantitative estimate of drug-likeness (QED) is 0.318. The van der Waals surface area contributed by atoms with Gasteiger partial charge in [0, 0.05) is 5.97 Å². The Hall–Kier alpha value is 0.430. The van der Waals surface area contributed by atoms with E-state index in [0.29, 0.717) is 0 Å². The summed E-state index contributed by atoms with van der Waals surface area (Å²) in [6, 6.07) is 0. The van der Waals surface area contributed by atoms with Crippen LogP contribution in [0.2, 0.25) is 0 Å². The molecule has 6 heavy (non-hydrogen) atoms. The van der Waals surface area contributed by atoms with Gasteiger partial charge in [0.1, 0.15) is 0 Å². The summed E-state index contributed by atoms with van der Waals surface area (Å²) in [6.07, 6.45) is 0. The minimum Gasteiger partial charge on any atom is -1.00 e. The molecule has 0 saturated carbocycles. The molecular weight excluding hydrogens is 93.0 g/mol. The maximum absolute atomic E-state index is 8.89. The molecule has 0 fully saturated rings. The molecule has 0 aliphatic rings. The van der Waals surface area contributed by atoms with Gasteiger partial charge in [0.25, 0.3) is 0 Å². The van der Waals surface area contributed by atoms with Crippen molar-refractivity contribution in [3.05, 3.63) is 0 Å². The van der Waals surface area contributed by atoms with E-state index >= 15 is 0 Å². The van der Waals surface area contributed by atoms with Gasteiger partial charge >= 0.3 is 29.6 Å². The van der Waals surface area contributed by atoms with Crippen molar-refractivity contribution >= 4 is 5.97 Å². The molecule has 3 nitrogen and oxygen atoms in total. The summed E-state index contributed by atoms with van der Waals surface area (Å²) in [4.78, 5) is 8.89. The van der Waals surface area contributed by atoms with Crippen LogP contribution >= 0.6 is 0 Å². The molecule has 0 aromatic heterocycles. The summed E-state index contributed by atoms with van der Waals surface area (Å²) in [5, 5.41) is 8.89. The maximum atomic E-state index is 8.89. The van der Waals surface area contributed by atoms with E-state index in [1.54, 1.807) is 0 Å². The molecule has 0 heterocycles. The second kappa shape index (κ2) is 9.06. The topological polar surface area (TPSA) is 76.6 Å². The third kappa shape index (κ3) is 282. The zero-order valence-corrected chi connectivity index (χ0v) is 6.32. The van der Waals surface area contributed by atoms with E-state index in [1.165, 1.54) is 0 Å². The number of hydrogen-bond donors (Lipinski definition) is 1. The smallest absolute Gasteiger partial charge is 1.00 e. The largest absolute Gasteiger partial charge is 1.00 e. The molecule has 0 aliphatic carbocycles. The van der Waals surface area contributed by atoms with Gasteiger partial charge in [-0.05, 0) is 6.92 Å². The fraction of sp³-hybridized carbons (Fsp3) is 0.500. The standard InChI is InChI=1S/C2H4O2.H3N.Na.H/c1-2(3)4;;;/h1H3,(H,3,4);1H3;;/q;;+1;-1. The average Bonchev–Trinajstić information content (AvgIpc) is 0.811. The Morgan fingerprint density at radius 2 is 1.83 bits per heavy atom. The number of carboxylic acids is 1. The number of quaternary nitrogens is 1. The Balaban J connectivity index is -0.0000000150. The van der Waals surface area contributed by atoms with Crippen molar-refractivity contribution in [2.75, 3.05) is 0 Å². The number of hydrogen-bond acceptors (Lipinski definition) is 2. The molecule has 0 unspecified atom stereocenters. The van der Waals surface area contributed by atoms with Crippen molar-refractivity contribution < 1.29 is 40.9 Å². The summed E-state index contributed by atoms with van der Waals surface area (Å²) >= 11 is 0. The average molecular weight is 101 g/mol. The molecule has 0 rings (SSSR count). The first-order chi connectivity index (χ1) is 1.73. The Morgan fingerprint density at radius 1 is 1.83 bits per heavy atom. The van der Waals surface area contributed by atoms with Gasteiger partial charge in [-0.15, -0.1) is 0 Å². The summed E-state index contributed by atoms with van der Waals surface area (Å²) < 4.78 is 0. The van der Waals surface area contributed by atoms with Crippen LogP contribution in [0.5, 0.6) is 0 Å². The van der Waals surface area contributed by atoms with Crippen LogP contribution in [-0.4, -0.2) is 5.97 Å². The van der Waals surface area contributed by atoms with Crippen LogP contribution in [0, 0.1) is 0 Å². The Bertz CT molecular complexity index is 38.7. The molecule has 0 aliphatic heterocycles.